The van der Waals surface area contributed by atoms with E-state index in [2.05, 4.69) is 44.2 Å². The van der Waals surface area contributed by atoms with E-state index in [9.17, 15) is 4.39 Å². The molecule has 0 amide bonds. The molecular formula is C20H32FIN6S. The Hall–Kier alpha value is -1.36. The molecule has 6 nitrogen and oxygen atoms in total. The molecule has 162 valence electrons. The molecule has 0 bridgehead atoms. The van der Waals surface area contributed by atoms with Crippen LogP contribution in [0, 0.1) is 11.7 Å². The molecule has 2 rings (SSSR count). The summed E-state index contributed by atoms with van der Waals surface area (Å²) in [6, 6.07) is 6.86. The highest BCUT2D eigenvalue weighted by Gasteiger charge is 2.12. The van der Waals surface area contributed by atoms with Gasteiger partial charge in [-0.05, 0) is 36.6 Å². The van der Waals surface area contributed by atoms with Crippen LogP contribution >= 0.6 is 35.7 Å². The van der Waals surface area contributed by atoms with Crippen LogP contribution in [-0.2, 0) is 19.4 Å². The third-order valence-electron chi connectivity index (χ3n) is 4.26. The van der Waals surface area contributed by atoms with Crippen LogP contribution in [0.2, 0.25) is 0 Å². The van der Waals surface area contributed by atoms with Crippen LogP contribution < -0.4 is 10.6 Å². The topological polar surface area (TPSA) is 67.1 Å². The van der Waals surface area contributed by atoms with Crippen molar-refractivity contribution in [3.63, 3.8) is 0 Å². The zero-order valence-electron chi connectivity index (χ0n) is 17.6. The second-order valence-electron chi connectivity index (χ2n) is 6.98. The monoisotopic (exact) mass is 534 g/mol. The average molecular weight is 534 g/mol. The lowest BCUT2D eigenvalue weighted by Gasteiger charge is -2.13. The molecule has 0 aliphatic heterocycles. The molecule has 0 atom stereocenters. The van der Waals surface area contributed by atoms with Crippen molar-refractivity contribution in [1.82, 2.24) is 25.4 Å². The van der Waals surface area contributed by atoms with Crippen LogP contribution in [0.3, 0.4) is 0 Å². The van der Waals surface area contributed by atoms with E-state index < -0.39 is 0 Å². The number of thioether (sulfide) groups is 1. The highest BCUT2D eigenvalue weighted by Crippen LogP contribution is 2.16. The molecule has 0 aliphatic carbocycles. The lowest BCUT2D eigenvalue weighted by atomic mass is 10.1. The van der Waals surface area contributed by atoms with Crippen molar-refractivity contribution in [2.45, 2.75) is 44.8 Å². The Bertz CT molecular complexity index is 765. The van der Waals surface area contributed by atoms with Gasteiger partial charge in [-0.3, -0.25) is 4.99 Å². The summed E-state index contributed by atoms with van der Waals surface area (Å²) < 4.78 is 15.9. The summed E-state index contributed by atoms with van der Waals surface area (Å²) in [6.07, 6.45) is 4.43. The quantitative estimate of drug-likeness (QED) is 0.160. The Labute approximate surface area is 194 Å². The largest absolute Gasteiger partial charge is 0.356 e. The van der Waals surface area contributed by atoms with E-state index in [0.717, 1.165) is 42.9 Å². The number of nitrogens with one attached hydrogen (secondary N) is 2. The van der Waals surface area contributed by atoms with Crippen molar-refractivity contribution in [1.29, 1.82) is 0 Å². The van der Waals surface area contributed by atoms with Gasteiger partial charge in [0.2, 0.25) is 0 Å². The van der Waals surface area contributed by atoms with Gasteiger partial charge in [-0.15, -0.1) is 34.2 Å². The SMILES string of the molecule is CN=C(NCCCc1nnc(SC)n1CC(C)C)NCCc1ccccc1F.I. The number of halogens is 2. The fourth-order valence-electron chi connectivity index (χ4n) is 2.89. The molecule has 1 aromatic heterocycles. The smallest absolute Gasteiger partial charge is 0.190 e. The molecule has 2 N–H and O–H groups in total. The van der Waals surface area contributed by atoms with E-state index in [-0.39, 0.29) is 29.8 Å². The summed E-state index contributed by atoms with van der Waals surface area (Å²) >= 11 is 1.63. The molecular weight excluding hydrogens is 502 g/mol. The van der Waals surface area contributed by atoms with Gasteiger partial charge in [0.25, 0.3) is 0 Å². The molecule has 0 saturated heterocycles. The van der Waals surface area contributed by atoms with Crippen molar-refractivity contribution < 1.29 is 4.39 Å². The van der Waals surface area contributed by atoms with Gasteiger partial charge >= 0.3 is 0 Å². The highest BCUT2D eigenvalue weighted by molar-refractivity contribution is 14.0. The summed E-state index contributed by atoms with van der Waals surface area (Å²) in [5.41, 5.74) is 0.708. The van der Waals surface area contributed by atoms with Crippen LogP contribution in [0.15, 0.2) is 34.4 Å². The summed E-state index contributed by atoms with van der Waals surface area (Å²) in [5, 5.41) is 16.1. The third-order valence-corrected chi connectivity index (χ3v) is 4.93. The number of hydrogen-bond acceptors (Lipinski definition) is 4. The van der Waals surface area contributed by atoms with Gasteiger partial charge in [-0.1, -0.05) is 43.8 Å². The second kappa shape index (κ2) is 13.8. The van der Waals surface area contributed by atoms with Crippen LogP contribution in [0.25, 0.3) is 0 Å². The van der Waals surface area contributed by atoms with Crippen LogP contribution in [0.1, 0.15) is 31.7 Å². The van der Waals surface area contributed by atoms with Gasteiger partial charge < -0.3 is 15.2 Å². The molecule has 0 unspecified atom stereocenters. The van der Waals surface area contributed by atoms with Crippen molar-refractivity contribution in [2.75, 3.05) is 26.4 Å². The molecule has 0 radical (unpaired) electrons. The van der Waals surface area contributed by atoms with Crippen molar-refractivity contribution in [2.24, 2.45) is 10.9 Å². The maximum atomic E-state index is 13.7. The fourth-order valence-corrected chi connectivity index (χ4v) is 3.42. The first-order valence-corrected chi connectivity index (χ1v) is 10.9. The molecule has 2 aromatic rings. The Kier molecular flexibility index (Phi) is 12.2. The summed E-state index contributed by atoms with van der Waals surface area (Å²) in [5.74, 6) is 2.14. The van der Waals surface area contributed by atoms with E-state index in [1.54, 1.807) is 24.9 Å². The van der Waals surface area contributed by atoms with Gasteiger partial charge in [-0.25, -0.2) is 4.39 Å². The number of aliphatic imine (C=N–C) groups is 1. The number of guanidine groups is 1. The van der Waals surface area contributed by atoms with Gasteiger partial charge in [0.05, 0.1) is 0 Å². The normalized spacial score (nSPS) is 11.4. The molecule has 9 heteroatoms. The Morgan fingerprint density at radius 2 is 1.90 bits per heavy atom. The molecule has 0 aliphatic rings. The molecule has 0 spiro atoms. The second-order valence-corrected chi connectivity index (χ2v) is 7.75. The predicted octanol–water partition coefficient (Wildman–Crippen LogP) is 3.75. The van der Waals surface area contributed by atoms with Crippen molar-refractivity contribution in [3.8, 4) is 0 Å². The Morgan fingerprint density at radius 1 is 1.17 bits per heavy atom. The summed E-state index contributed by atoms with van der Waals surface area (Å²) in [4.78, 5) is 4.22. The molecule has 1 heterocycles. The zero-order chi connectivity index (χ0) is 20.4. The highest BCUT2D eigenvalue weighted by atomic mass is 127. The molecule has 0 fully saturated rings. The number of rotatable bonds is 10. The maximum Gasteiger partial charge on any atom is 0.190 e. The van der Waals surface area contributed by atoms with Crippen LogP contribution in [-0.4, -0.2) is 47.1 Å². The lowest BCUT2D eigenvalue weighted by molar-refractivity contribution is 0.477. The Morgan fingerprint density at radius 3 is 2.55 bits per heavy atom. The first-order chi connectivity index (χ1) is 13.5. The minimum Gasteiger partial charge on any atom is -0.356 e. The van der Waals surface area contributed by atoms with E-state index in [0.29, 0.717) is 24.4 Å². The van der Waals surface area contributed by atoms with Gasteiger partial charge in [0.15, 0.2) is 11.1 Å². The summed E-state index contributed by atoms with van der Waals surface area (Å²) in [6.45, 7) is 6.74. The predicted molar refractivity (Wildman–Crippen MR) is 130 cm³/mol. The maximum absolute atomic E-state index is 13.7. The van der Waals surface area contributed by atoms with Crippen LogP contribution in [0.5, 0.6) is 0 Å². The van der Waals surface area contributed by atoms with E-state index in [1.165, 1.54) is 6.07 Å². The standard InChI is InChI=1S/C20H31FN6S.HI/c1-15(2)14-27-18(25-26-20(27)28-4)10-7-12-23-19(22-3)24-13-11-16-8-5-6-9-17(16)21;/h5-6,8-9,15H,7,10-14H2,1-4H3,(H2,22,23,24);1H. The first kappa shape index (κ1) is 25.7. The summed E-state index contributed by atoms with van der Waals surface area (Å²) in [7, 11) is 1.74. The molecule has 1 aromatic carbocycles. The van der Waals surface area contributed by atoms with Gasteiger partial charge in [0, 0.05) is 33.1 Å². The average Bonchev–Trinajstić information content (AvgIpc) is 3.06. The third kappa shape index (κ3) is 8.49. The number of aryl methyl sites for hydroxylation is 1. The van der Waals surface area contributed by atoms with Crippen LogP contribution in [0.4, 0.5) is 4.39 Å². The molecule has 0 saturated carbocycles. The minimum absolute atomic E-state index is 0. The fraction of sp³-hybridized carbons (Fsp3) is 0.550. The van der Waals surface area contributed by atoms with Gasteiger partial charge in [-0.2, -0.15) is 0 Å². The van der Waals surface area contributed by atoms with E-state index in [1.807, 2.05) is 18.4 Å². The van der Waals surface area contributed by atoms with E-state index >= 15 is 0 Å². The molecule has 29 heavy (non-hydrogen) atoms. The number of hydrogen-bond donors (Lipinski definition) is 2. The van der Waals surface area contributed by atoms with E-state index in [4.69, 9.17) is 0 Å². The number of aromatic nitrogens is 3. The first-order valence-electron chi connectivity index (χ1n) is 9.69. The van der Waals surface area contributed by atoms with Crippen molar-refractivity contribution >= 4 is 41.7 Å². The minimum atomic E-state index is -0.164. The number of nitrogens with zero attached hydrogens (tertiary/aromatic N) is 4. The van der Waals surface area contributed by atoms with Gasteiger partial charge in [0.1, 0.15) is 11.6 Å². The van der Waals surface area contributed by atoms with Crippen molar-refractivity contribution in [3.05, 3.63) is 41.5 Å². The lowest BCUT2D eigenvalue weighted by Crippen LogP contribution is -2.39. The zero-order valence-corrected chi connectivity index (χ0v) is 20.8. The Balaban J connectivity index is 0.00000420. The number of benzene rings is 1.